The summed E-state index contributed by atoms with van der Waals surface area (Å²) in [6.45, 7) is 4.13. The molecule has 8 heteroatoms. The minimum atomic E-state index is -3.71. The van der Waals surface area contributed by atoms with E-state index >= 15 is 0 Å². The van der Waals surface area contributed by atoms with Gasteiger partial charge in [-0.15, -0.1) is 0 Å². The van der Waals surface area contributed by atoms with Gasteiger partial charge in [-0.3, -0.25) is 4.79 Å². The van der Waals surface area contributed by atoms with Crippen LogP contribution in [0.3, 0.4) is 0 Å². The fourth-order valence-corrected chi connectivity index (χ4v) is 5.31. The third-order valence-corrected chi connectivity index (χ3v) is 7.35. The van der Waals surface area contributed by atoms with Gasteiger partial charge in [-0.25, -0.2) is 12.8 Å². The van der Waals surface area contributed by atoms with E-state index < -0.39 is 15.9 Å². The zero-order valence-corrected chi connectivity index (χ0v) is 18.2. The summed E-state index contributed by atoms with van der Waals surface area (Å²) >= 11 is 0. The van der Waals surface area contributed by atoms with E-state index in [1.165, 1.54) is 29.6 Å². The summed E-state index contributed by atoms with van der Waals surface area (Å²) in [4.78, 5) is 13.0. The quantitative estimate of drug-likeness (QED) is 0.756. The maximum Gasteiger partial charge on any atom is 0.243 e. The molecule has 162 valence electrons. The van der Waals surface area contributed by atoms with Crippen molar-refractivity contribution in [2.24, 2.45) is 5.92 Å². The van der Waals surface area contributed by atoms with E-state index in [0.717, 1.165) is 11.1 Å². The molecule has 30 heavy (non-hydrogen) atoms. The third-order valence-electron chi connectivity index (χ3n) is 5.49. The lowest BCUT2D eigenvalue weighted by Crippen LogP contribution is -2.45. The Morgan fingerprint density at radius 1 is 1.23 bits per heavy atom. The lowest BCUT2D eigenvalue weighted by Gasteiger charge is -2.32. The predicted octanol–water partition coefficient (Wildman–Crippen LogP) is 3.42. The summed E-state index contributed by atoms with van der Waals surface area (Å²) in [6, 6.07) is 10.4. The zero-order valence-electron chi connectivity index (χ0n) is 17.4. The van der Waals surface area contributed by atoms with Crippen molar-refractivity contribution in [1.82, 2.24) is 9.62 Å². The van der Waals surface area contributed by atoms with Crippen molar-refractivity contribution in [3.63, 3.8) is 0 Å². The average molecular weight is 435 g/mol. The first-order chi connectivity index (χ1) is 14.2. The predicted molar refractivity (Wildman–Crippen MR) is 112 cm³/mol. The third kappa shape index (κ3) is 4.82. The van der Waals surface area contributed by atoms with Crippen LogP contribution < -0.4 is 10.1 Å². The molecule has 2 aromatic carbocycles. The second-order valence-electron chi connectivity index (χ2n) is 7.62. The molecule has 1 amide bonds. The fraction of sp³-hybridized carbons (Fsp3) is 0.409. The van der Waals surface area contributed by atoms with Gasteiger partial charge in [-0.2, -0.15) is 4.31 Å². The first-order valence-electron chi connectivity index (χ1n) is 9.93. The first-order valence-corrected chi connectivity index (χ1v) is 11.4. The van der Waals surface area contributed by atoms with E-state index in [9.17, 15) is 17.6 Å². The molecule has 1 saturated heterocycles. The number of sulfonamides is 1. The van der Waals surface area contributed by atoms with Crippen molar-refractivity contribution >= 4 is 15.9 Å². The number of hydrogen-bond donors (Lipinski definition) is 1. The van der Waals surface area contributed by atoms with E-state index in [0.29, 0.717) is 25.1 Å². The highest BCUT2D eigenvalue weighted by atomic mass is 32.2. The number of ether oxygens (including phenoxy) is 1. The molecule has 0 aliphatic carbocycles. The molecule has 0 aromatic heterocycles. The Kier molecular flexibility index (Phi) is 6.77. The number of rotatable bonds is 6. The number of piperidine rings is 1. The average Bonchev–Trinajstić information content (AvgIpc) is 2.74. The summed E-state index contributed by atoms with van der Waals surface area (Å²) in [6.07, 6.45) is 1.23. The van der Waals surface area contributed by atoms with Gasteiger partial charge >= 0.3 is 0 Å². The van der Waals surface area contributed by atoms with Gasteiger partial charge in [0, 0.05) is 13.1 Å². The lowest BCUT2D eigenvalue weighted by atomic mass is 9.98. The summed E-state index contributed by atoms with van der Waals surface area (Å²) in [5.41, 5.74) is 1.52. The van der Waals surface area contributed by atoms with Gasteiger partial charge < -0.3 is 10.1 Å². The standard InChI is InChI=1S/C22H27FN2O4S/c1-15-13-20(10-11-21(15)29-3)30(27,28)25-12-4-5-18(14-25)22(26)24-16(2)17-6-8-19(23)9-7-17/h6-11,13,16,18H,4-5,12,14H2,1-3H3,(H,24,26). The number of carbonyl (C=O) groups is 1. The monoisotopic (exact) mass is 434 g/mol. The molecule has 2 unspecified atom stereocenters. The van der Waals surface area contributed by atoms with Crippen molar-refractivity contribution in [2.45, 2.75) is 37.6 Å². The molecule has 0 saturated carbocycles. The van der Waals surface area contributed by atoms with E-state index in [-0.39, 0.29) is 29.2 Å². The number of benzene rings is 2. The topological polar surface area (TPSA) is 75.7 Å². The molecule has 1 fully saturated rings. The Morgan fingerprint density at radius 3 is 2.57 bits per heavy atom. The van der Waals surface area contributed by atoms with Crippen LogP contribution in [-0.4, -0.2) is 38.8 Å². The Hall–Kier alpha value is -2.45. The normalized spacial score (nSPS) is 18.6. The number of methoxy groups -OCH3 is 1. The van der Waals surface area contributed by atoms with Crippen LogP contribution in [0.1, 0.15) is 36.9 Å². The van der Waals surface area contributed by atoms with Crippen LogP contribution in [0.2, 0.25) is 0 Å². The van der Waals surface area contributed by atoms with E-state index in [1.807, 2.05) is 6.92 Å². The highest BCUT2D eigenvalue weighted by Crippen LogP contribution is 2.27. The Balaban J connectivity index is 1.70. The van der Waals surface area contributed by atoms with E-state index in [1.54, 1.807) is 31.2 Å². The van der Waals surface area contributed by atoms with Crippen molar-refractivity contribution in [1.29, 1.82) is 0 Å². The lowest BCUT2D eigenvalue weighted by molar-refractivity contribution is -0.126. The van der Waals surface area contributed by atoms with Gasteiger partial charge in [0.05, 0.1) is 24.0 Å². The van der Waals surface area contributed by atoms with Crippen LogP contribution in [0.25, 0.3) is 0 Å². The number of amides is 1. The van der Waals surface area contributed by atoms with E-state index in [4.69, 9.17) is 4.74 Å². The summed E-state index contributed by atoms with van der Waals surface area (Å²) < 4.78 is 45.9. The summed E-state index contributed by atoms with van der Waals surface area (Å²) in [5, 5.41) is 2.92. The minimum absolute atomic E-state index is 0.134. The summed E-state index contributed by atoms with van der Waals surface area (Å²) in [7, 11) is -2.17. The van der Waals surface area contributed by atoms with Gasteiger partial charge in [0.1, 0.15) is 11.6 Å². The zero-order chi connectivity index (χ0) is 21.9. The number of carbonyl (C=O) groups excluding carboxylic acids is 1. The van der Waals surface area contributed by atoms with Gasteiger partial charge in [0.15, 0.2) is 0 Å². The number of hydrogen-bond acceptors (Lipinski definition) is 4. The Labute approximate surface area is 177 Å². The Bertz CT molecular complexity index is 1010. The number of halogens is 1. The Morgan fingerprint density at radius 2 is 1.93 bits per heavy atom. The molecular weight excluding hydrogens is 407 g/mol. The van der Waals surface area contributed by atoms with Gasteiger partial charge in [-0.1, -0.05) is 12.1 Å². The summed E-state index contributed by atoms with van der Waals surface area (Å²) in [5.74, 6) is -0.341. The number of aryl methyl sites for hydroxylation is 1. The minimum Gasteiger partial charge on any atom is -0.496 e. The molecule has 1 heterocycles. The molecule has 0 radical (unpaired) electrons. The van der Waals surface area contributed by atoms with Gasteiger partial charge in [0.25, 0.3) is 0 Å². The van der Waals surface area contributed by atoms with Crippen molar-refractivity contribution in [2.75, 3.05) is 20.2 Å². The van der Waals surface area contributed by atoms with Gasteiger partial charge in [-0.05, 0) is 68.1 Å². The second-order valence-corrected chi connectivity index (χ2v) is 9.55. The highest BCUT2D eigenvalue weighted by molar-refractivity contribution is 7.89. The smallest absolute Gasteiger partial charge is 0.243 e. The maximum absolute atomic E-state index is 13.1. The van der Waals surface area contributed by atoms with E-state index in [2.05, 4.69) is 5.32 Å². The first kappa shape index (κ1) is 22.2. The molecule has 3 rings (SSSR count). The molecule has 0 bridgehead atoms. The molecule has 2 aromatic rings. The van der Waals surface area contributed by atoms with Crippen LogP contribution >= 0.6 is 0 Å². The van der Waals surface area contributed by atoms with Crippen molar-refractivity contribution in [3.05, 3.63) is 59.4 Å². The molecule has 1 aliphatic rings. The van der Waals surface area contributed by atoms with Crippen LogP contribution in [0.5, 0.6) is 5.75 Å². The van der Waals surface area contributed by atoms with Gasteiger partial charge in [0.2, 0.25) is 15.9 Å². The molecule has 2 atom stereocenters. The molecule has 1 N–H and O–H groups in total. The SMILES string of the molecule is COc1ccc(S(=O)(=O)N2CCCC(C(=O)NC(C)c3ccc(F)cc3)C2)cc1C. The van der Waals surface area contributed by atoms with Crippen LogP contribution in [0, 0.1) is 18.7 Å². The molecule has 0 spiro atoms. The maximum atomic E-state index is 13.1. The number of nitrogens with zero attached hydrogens (tertiary/aromatic N) is 1. The highest BCUT2D eigenvalue weighted by Gasteiger charge is 2.34. The second kappa shape index (κ2) is 9.14. The van der Waals surface area contributed by atoms with Crippen molar-refractivity contribution in [3.8, 4) is 5.75 Å². The van der Waals surface area contributed by atoms with Crippen LogP contribution in [0.4, 0.5) is 4.39 Å². The number of nitrogens with one attached hydrogen (secondary N) is 1. The van der Waals surface area contributed by atoms with Crippen LogP contribution in [-0.2, 0) is 14.8 Å². The molecule has 1 aliphatic heterocycles. The fourth-order valence-electron chi connectivity index (χ4n) is 3.70. The molecule has 6 nitrogen and oxygen atoms in total. The van der Waals surface area contributed by atoms with Crippen molar-refractivity contribution < 1.29 is 22.3 Å². The van der Waals surface area contributed by atoms with Crippen LogP contribution in [0.15, 0.2) is 47.4 Å². The largest absolute Gasteiger partial charge is 0.496 e. The molecular formula is C22H27FN2O4S.